The fourth-order valence-electron chi connectivity index (χ4n) is 19.1. The number of rotatable bonds is 43. The topological polar surface area (TPSA) is 1030 Å². The van der Waals surface area contributed by atoms with Gasteiger partial charge in [0.1, 0.15) is 280 Å². The van der Waals surface area contributed by atoms with Gasteiger partial charge < -0.3 is 300 Å². The molecule has 868 valence electrons. The van der Waals surface area contributed by atoms with E-state index in [2.05, 4.69) is 31.9 Å². The number of carbonyl (C=O) groups is 6. The van der Waals surface area contributed by atoms with E-state index in [1.807, 2.05) is 0 Å². The molecule has 6 amide bonds. The first kappa shape index (κ1) is 125. The largest absolute Gasteiger partial charge is 0.394 e. The van der Waals surface area contributed by atoms with E-state index in [4.69, 9.17) is 104 Å². The van der Waals surface area contributed by atoms with Crippen molar-refractivity contribution < 1.29 is 296 Å². The molecular formula is C84H142N6O60. The standard InChI is InChI=1S/C84H142N6O60/c1-20-44(107)57(120)62(125)79(132-20)129-17-28(106)66(45(108)27(8-91)85-21(2)100)143-76-41(88-24(5)103)54(117)69(36(16-99)138-76)146-82-65(128)71(148-84-73(60(123)50(113)33(13-96)137-84)150-78-43(90-26(7)105)56(119)68(35(15-98)140-78)145-81-64(127)59(122)49(112)32(12-95)136-81)70(147-75-40(87-23(4)102)53(116)47(110)30(10-93)134-75)38(142-82)19-131-83-72(61(124)51(114)37(141-83)18-130-74-39(86-22(3)101)52(115)46(109)29(9-92)133-74)149-77-42(89-25(6)104)55(118)67(34(14-97)139-77)144-80-63(126)58(121)48(111)31(11-94)135-80/h20,27-84,91-99,106-128H,8-19H2,1-7H3,(H,85,100)(H,86,101)(H,87,102)(H,88,103)(H,89,104)(H,90,105)/t20-,27-,28+,29+,30+,31+,32+,33+,34+,35+,36+,37+,38+,39+,40+,41+,42+,43+,44+,45+,46+,47+,48-,49-,50+,51+,52+,53+,54+,55+,56+,57+,58-,59-,60-,61-,62-,63+,64+,65-,66+,67+,68+,69+,70+,71+,72-,73-,74?,75?,76?,77?,78?,79?,80?,81?,82?,83?,84?/m0/s1. The Kier molecular flexibility index (Phi) is 46.1. The van der Waals surface area contributed by atoms with E-state index in [1.54, 1.807) is 0 Å². The van der Waals surface area contributed by atoms with Crippen molar-refractivity contribution in [3.05, 3.63) is 0 Å². The molecule has 11 saturated heterocycles. The van der Waals surface area contributed by atoms with Crippen molar-refractivity contribution in [1.29, 1.82) is 0 Å². The predicted octanol–water partition coefficient (Wildman–Crippen LogP) is -25.6. The van der Waals surface area contributed by atoms with Crippen LogP contribution in [-0.2, 0) is 133 Å². The zero-order valence-electron chi connectivity index (χ0n) is 81.3. The molecule has 0 aliphatic carbocycles. The Morgan fingerprint density at radius 3 is 0.940 bits per heavy atom. The van der Waals surface area contributed by atoms with Crippen molar-refractivity contribution >= 4 is 35.4 Å². The number of ether oxygens (including phenoxy) is 22. The van der Waals surface area contributed by atoms with E-state index >= 15 is 0 Å². The molecule has 11 heterocycles. The molecule has 66 nitrogen and oxygen atoms in total. The van der Waals surface area contributed by atoms with Crippen molar-refractivity contribution in [1.82, 2.24) is 31.9 Å². The first-order valence-corrected chi connectivity index (χ1v) is 47.9. The van der Waals surface area contributed by atoms with Crippen molar-refractivity contribution in [2.45, 2.75) is 410 Å². The molecule has 59 atom stereocenters. The maximum absolute atomic E-state index is 13.7. The normalized spacial score (nSPS) is 46.5. The SMILES string of the molecule is CC(=O)N[C@@H](CO)[C@@H](O)[C@H](OC1O[C@H](CO)[C@@H](OC2O[C@H](COC3O[C@H](COC4O[C@H](CO)[C@@H](O)[C@H](O)[C@H]4NC(C)=O)[C@@H](O)[C@H](O)[C@@H]3OC3O[C@H](CO)[C@@H](OC4O[C@H](CO)[C@H](O)[C@H](O)[C@H]4O)[C@H](O)[C@H]3NC(C)=O)[C@@H](OC3O[C@H](CO)[C@@H](O)[C@H](O)[C@H]3NC(C)=O)[C@H](OC3O[C@H](CO)[C@@H](O)[C@H](O)[C@@H]3OC3O[C@H](CO)[C@@H](OC4O[C@H](CO)[C@H](O)[C@H](O)[C@H]4O)[C@H](O)[C@H]3NC(C)=O)[C@@H]2O)[C@H](O)[C@H]1NC(C)=O)[C@H](O)COC1O[C@@H](C)[C@@H](O)[C@@H](O)[C@@H]1O. The molecule has 0 bridgehead atoms. The molecule has 11 fully saturated rings. The van der Waals surface area contributed by atoms with Gasteiger partial charge in [0.05, 0.1) is 91.4 Å². The third-order valence-corrected chi connectivity index (χ3v) is 27.1. The number of hydrogen-bond acceptors (Lipinski definition) is 60. The first-order valence-electron chi connectivity index (χ1n) is 47.9. The molecule has 0 aromatic rings. The molecule has 0 radical (unpaired) electrons. The zero-order valence-corrected chi connectivity index (χ0v) is 81.3. The van der Waals surface area contributed by atoms with E-state index in [0.717, 1.165) is 41.5 Å². The zero-order chi connectivity index (χ0) is 111. The maximum atomic E-state index is 13.7. The Morgan fingerprint density at radius 1 is 0.247 bits per heavy atom. The van der Waals surface area contributed by atoms with Gasteiger partial charge in [-0.2, -0.15) is 0 Å². The van der Waals surface area contributed by atoms with Crippen molar-refractivity contribution in [3.8, 4) is 0 Å². The Morgan fingerprint density at radius 2 is 0.533 bits per heavy atom. The number of amides is 6. The van der Waals surface area contributed by atoms with E-state index in [-0.39, 0.29) is 0 Å². The summed E-state index contributed by atoms with van der Waals surface area (Å²) in [7, 11) is 0. The fraction of sp³-hybridized carbons (Fsp3) is 0.929. The second kappa shape index (κ2) is 55.4. The molecular weight excluding hydrogens is 2050 g/mol. The number of nitrogens with one attached hydrogen (secondary N) is 6. The highest BCUT2D eigenvalue weighted by atomic mass is 16.8. The monoisotopic (exact) mass is 2190 g/mol. The van der Waals surface area contributed by atoms with Gasteiger partial charge in [0, 0.05) is 41.5 Å². The lowest BCUT2D eigenvalue weighted by Crippen LogP contribution is -2.71. The number of aliphatic hydroxyl groups is 32. The van der Waals surface area contributed by atoms with Crippen LogP contribution in [0.4, 0.5) is 0 Å². The van der Waals surface area contributed by atoms with Gasteiger partial charge >= 0.3 is 0 Å². The highest BCUT2D eigenvalue weighted by Crippen LogP contribution is 2.43. The molecule has 0 aromatic carbocycles. The second-order valence-electron chi connectivity index (χ2n) is 37.9. The van der Waals surface area contributed by atoms with Crippen LogP contribution < -0.4 is 31.9 Å². The van der Waals surface area contributed by atoms with Crippen molar-refractivity contribution in [3.63, 3.8) is 0 Å². The quantitative estimate of drug-likeness (QED) is 0.0270. The second-order valence-corrected chi connectivity index (χ2v) is 37.9. The Labute approximate surface area is 850 Å². The molecule has 11 unspecified atom stereocenters. The maximum Gasteiger partial charge on any atom is 0.217 e. The molecule has 0 saturated carbocycles. The third kappa shape index (κ3) is 28.7. The minimum Gasteiger partial charge on any atom is -0.394 e. The molecule has 150 heavy (non-hydrogen) atoms. The van der Waals surface area contributed by atoms with Gasteiger partial charge in [-0.05, 0) is 6.92 Å². The van der Waals surface area contributed by atoms with Crippen LogP contribution in [0.5, 0.6) is 0 Å². The van der Waals surface area contributed by atoms with Crippen LogP contribution in [0.2, 0.25) is 0 Å². The van der Waals surface area contributed by atoms with Crippen LogP contribution in [0.25, 0.3) is 0 Å². The average Bonchev–Trinajstić information content (AvgIpc) is 0.793. The van der Waals surface area contributed by atoms with Crippen LogP contribution in [0.1, 0.15) is 48.5 Å². The summed E-state index contributed by atoms with van der Waals surface area (Å²) in [6.07, 6.45) is -119. The molecule has 0 spiro atoms. The Balaban J connectivity index is 1.06. The van der Waals surface area contributed by atoms with Gasteiger partial charge in [0.25, 0.3) is 0 Å². The lowest BCUT2D eigenvalue weighted by atomic mass is 9.93. The molecule has 11 aliphatic rings. The smallest absolute Gasteiger partial charge is 0.217 e. The molecule has 66 heteroatoms. The predicted molar refractivity (Wildman–Crippen MR) is 465 cm³/mol. The van der Waals surface area contributed by atoms with E-state index in [9.17, 15) is 192 Å². The minimum absolute atomic E-state index is 0.831. The average molecular weight is 2200 g/mol. The summed E-state index contributed by atoms with van der Waals surface area (Å²) in [4.78, 5) is 79.2. The van der Waals surface area contributed by atoms with Gasteiger partial charge in [0.2, 0.25) is 35.4 Å². The molecule has 0 aromatic heterocycles. The summed E-state index contributed by atoms with van der Waals surface area (Å²) in [6, 6.07) is -12.3. The first-order chi connectivity index (χ1) is 70.9. The van der Waals surface area contributed by atoms with Gasteiger partial charge in [-0.15, -0.1) is 0 Å². The van der Waals surface area contributed by atoms with Crippen LogP contribution in [0.15, 0.2) is 0 Å². The lowest BCUT2D eigenvalue weighted by molar-refractivity contribution is -0.409. The molecule has 11 rings (SSSR count). The summed E-state index contributed by atoms with van der Waals surface area (Å²) in [5.41, 5.74) is 0. The van der Waals surface area contributed by atoms with Crippen molar-refractivity contribution in [2.24, 2.45) is 0 Å². The summed E-state index contributed by atoms with van der Waals surface area (Å²) in [5, 5.41) is 379. The highest BCUT2D eigenvalue weighted by molar-refractivity contribution is 5.75. The van der Waals surface area contributed by atoms with Crippen LogP contribution in [0, 0.1) is 0 Å². The van der Waals surface area contributed by atoms with Gasteiger partial charge in [-0.1, -0.05) is 0 Å². The minimum atomic E-state index is -2.93. The summed E-state index contributed by atoms with van der Waals surface area (Å²) >= 11 is 0. The summed E-state index contributed by atoms with van der Waals surface area (Å²) in [5.74, 6) is -6.17. The fourth-order valence-corrected chi connectivity index (χ4v) is 19.1. The van der Waals surface area contributed by atoms with Gasteiger partial charge in [-0.3, -0.25) is 28.8 Å². The van der Waals surface area contributed by atoms with Gasteiger partial charge in [-0.25, -0.2) is 0 Å². The summed E-state index contributed by atoms with van der Waals surface area (Å²) in [6.45, 7) is -8.20. The molecule has 11 aliphatic heterocycles. The number of aliphatic hydroxyl groups excluding tert-OH is 32. The lowest BCUT2D eigenvalue weighted by Gasteiger charge is -2.52. The number of carbonyl (C=O) groups excluding carboxylic acids is 6. The van der Waals surface area contributed by atoms with E-state index in [1.165, 1.54) is 6.92 Å². The van der Waals surface area contributed by atoms with Gasteiger partial charge in [0.15, 0.2) is 69.2 Å². The van der Waals surface area contributed by atoms with E-state index in [0.29, 0.717) is 0 Å². The summed E-state index contributed by atoms with van der Waals surface area (Å²) < 4.78 is 135. The van der Waals surface area contributed by atoms with Crippen LogP contribution >= 0.6 is 0 Å². The molecule has 38 N–H and O–H groups in total. The van der Waals surface area contributed by atoms with Crippen LogP contribution in [-0.4, -0.2) is 640 Å². The highest BCUT2D eigenvalue weighted by Gasteiger charge is 2.64. The van der Waals surface area contributed by atoms with E-state index < -0.39 is 477 Å². The van der Waals surface area contributed by atoms with Crippen molar-refractivity contribution in [2.75, 3.05) is 79.3 Å². The third-order valence-electron chi connectivity index (χ3n) is 27.1. The number of hydrogen-bond donors (Lipinski definition) is 38. The Bertz CT molecular complexity index is 4190. The Hall–Kier alpha value is -5.34. The van der Waals surface area contributed by atoms with Crippen LogP contribution in [0.3, 0.4) is 0 Å².